The summed E-state index contributed by atoms with van der Waals surface area (Å²) in [5.41, 5.74) is 7.32. The van der Waals surface area contributed by atoms with Gasteiger partial charge in [-0.3, -0.25) is 9.79 Å². The molecule has 2 aliphatic rings. The SMILES string of the molecule is C/C=C(/Nc1cc(C(F)F)c(C(C=NC)=CN)cc1F)C1=C(NC2CCN(C(C)=O)CC2)CCN(C(=O)NC)C1. The van der Waals surface area contributed by atoms with Gasteiger partial charge in [-0.1, -0.05) is 6.08 Å². The van der Waals surface area contributed by atoms with E-state index in [-0.39, 0.29) is 41.3 Å². The maximum Gasteiger partial charge on any atom is 0.317 e. The summed E-state index contributed by atoms with van der Waals surface area (Å²) in [4.78, 5) is 31.5. The lowest BCUT2D eigenvalue weighted by molar-refractivity contribution is -0.129. The first kappa shape index (κ1) is 30.6. The van der Waals surface area contributed by atoms with E-state index >= 15 is 4.39 Å². The van der Waals surface area contributed by atoms with Crippen molar-refractivity contribution in [2.24, 2.45) is 10.7 Å². The summed E-state index contributed by atoms with van der Waals surface area (Å²) >= 11 is 0. The molecule has 1 saturated heterocycles. The highest BCUT2D eigenvalue weighted by molar-refractivity contribution is 6.10. The number of alkyl halides is 2. The van der Waals surface area contributed by atoms with Gasteiger partial charge in [-0.05, 0) is 37.5 Å². The molecule has 1 fully saturated rings. The highest BCUT2D eigenvalue weighted by atomic mass is 19.3. The monoisotopic (exact) mass is 561 g/mol. The first-order chi connectivity index (χ1) is 19.1. The summed E-state index contributed by atoms with van der Waals surface area (Å²) in [7, 11) is 3.02. The average molecular weight is 562 g/mol. The second kappa shape index (κ2) is 13.9. The second-order valence-corrected chi connectivity index (χ2v) is 9.67. The molecule has 0 unspecified atom stereocenters. The number of urea groups is 1. The number of amides is 3. The number of nitrogens with zero attached hydrogens (tertiary/aromatic N) is 3. The summed E-state index contributed by atoms with van der Waals surface area (Å²) in [6.45, 7) is 5.30. The predicted octanol–water partition coefficient (Wildman–Crippen LogP) is 3.98. The van der Waals surface area contributed by atoms with E-state index in [1.54, 1.807) is 31.9 Å². The molecule has 0 bridgehead atoms. The van der Waals surface area contributed by atoms with Gasteiger partial charge >= 0.3 is 6.03 Å². The lowest BCUT2D eigenvalue weighted by atomic mass is 9.97. The molecular formula is C28H38F3N7O2. The van der Waals surface area contributed by atoms with Crippen LogP contribution in [0.1, 0.15) is 50.7 Å². The van der Waals surface area contributed by atoms with E-state index in [0.29, 0.717) is 31.8 Å². The molecule has 3 rings (SSSR count). The van der Waals surface area contributed by atoms with Crippen LogP contribution in [0.5, 0.6) is 0 Å². The number of hydrogen-bond donors (Lipinski definition) is 4. The number of benzene rings is 1. The lowest BCUT2D eigenvalue weighted by Crippen LogP contribution is -2.47. The van der Waals surface area contributed by atoms with Crippen LogP contribution in [0.4, 0.5) is 23.7 Å². The number of halogens is 3. The van der Waals surface area contributed by atoms with E-state index < -0.39 is 17.8 Å². The smallest absolute Gasteiger partial charge is 0.317 e. The number of likely N-dealkylation sites (tertiary alicyclic amines) is 1. The minimum atomic E-state index is -2.89. The number of hydrogen-bond acceptors (Lipinski definition) is 6. The van der Waals surface area contributed by atoms with Gasteiger partial charge in [-0.25, -0.2) is 18.0 Å². The first-order valence-electron chi connectivity index (χ1n) is 13.2. The summed E-state index contributed by atoms with van der Waals surface area (Å²) in [6, 6.07) is 1.96. The lowest BCUT2D eigenvalue weighted by Gasteiger charge is -2.37. The number of carbonyl (C=O) groups is 2. The van der Waals surface area contributed by atoms with Gasteiger partial charge in [0.2, 0.25) is 5.91 Å². The van der Waals surface area contributed by atoms with Gasteiger partial charge in [0.05, 0.1) is 12.2 Å². The number of nitrogens with two attached hydrogens (primary N) is 1. The highest BCUT2D eigenvalue weighted by Crippen LogP contribution is 2.34. The summed E-state index contributed by atoms with van der Waals surface area (Å²) in [5.74, 6) is -0.696. The molecule has 1 aromatic carbocycles. The van der Waals surface area contributed by atoms with E-state index in [9.17, 15) is 18.4 Å². The van der Waals surface area contributed by atoms with Crippen molar-refractivity contribution in [3.63, 3.8) is 0 Å². The van der Waals surface area contributed by atoms with Crippen molar-refractivity contribution in [2.75, 3.05) is 45.6 Å². The van der Waals surface area contributed by atoms with E-state index in [1.807, 2.05) is 4.90 Å². The molecule has 9 nitrogen and oxygen atoms in total. The van der Waals surface area contributed by atoms with Crippen LogP contribution in [0.3, 0.4) is 0 Å². The summed E-state index contributed by atoms with van der Waals surface area (Å²) < 4.78 is 43.5. The van der Waals surface area contributed by atoms with Crippen molar-refractivity contribution in [1.29, 1.82) is 0 Å². The van der Waals surface area contributed by atoms with Crippen LogP contribution in [0.2, 0.25) is 0 Å². The van der Waals surface area contributed by atoms with Crippen LogP contribution in [-0.4, -0.2) is 74.3 Å². The van der Waals surface area contributed by atoms with Crippen molar-refractivity contribution in [1.82, 2.24) is 20.4 Å². The number of rotatable bonds is 8. The zero-order valence-electron chi connectivity index (χ0n) is 23.4. The Labute approximate surface area is 233 Å². The normalized spacial score (nSPS) is 17.6. The van der Waals surface area contributed by atoms with Crippen molar-refractivity contribution in [3.8, 4) is 0 Å². The quantitative estimate of drug-likeness (QED) is 0.359. The van der Waals surface area contributed by atoms with Crippen LogP contribution in [0.15, 0.2) is 46.4 Å². The first-order valence-corrected chi connectivity index (χ1v) is 13.2. The number of allylic oxidation sites excluding steroid dienone is 2. The minimum Gasteiger partial charge on any atom is -0.404 e. The van der Waals surface area contributed by atoms with Crippen LogP contribution >= 0.6 is 0 Å². The second-order valence-electron chi connectivity index (χ2n) is 9.67. The fourth-order valence-corrected chi connectivity index (χ4v) is 5.01. The number of piperidine rings is 1. The van der Waals surface area contributed by atoms with E-state index in [0.717, 1.165) is 42.4 Å². The van der Waals surface area contributed by atoms with E-state index in [4.69, 9.17) is 5.73 Å². The predicted molar refractivity (Wildman–Crippen MR) is 151 cm³/mol. The molecule has 3 amide bonds. The Hall–Kier alpha value is -3.96. The number of carbonyl (C=O) groups excluding carboxylic acids is 2. The van der Waals surface area contributed by atoms with Crippen molar-refractivity contribution in [2.45, 2.75) is 45.6 Å². The number of anilines is 1. The zero-order chi connectivity index (χ0) is 29.4. The van der Waals surface area contributed by atoms with Crippen LogP contribution < -0.4 is 21.7 Å². The molecule has 2 heterocycles. The maximum absolute atomic E-state index is 15.3. The Balaban J connectivity index is 1.97. The average Bonchev–Trinajstić information content (AvgIpc) is 2.95. The Kier molecular flexibility index (Phi) is 10.6. The third-order valence-corrected chi connectivity index (χ3v) is 7.18. The largest absolute Gasteiger partial charge is 0.404 e. The van der Waals surface area contributed by atoms with Crippen LogP contribution in [0.25, 0.3) is 5.57 Å². The number of aliphatic imine (C=N–C) groups is 1. The molecule has 2 aliphatic heterocycles. The fraction of sp³-hybridized carbons (Fsp3) is 0.464. The topological polar surface area (TPSA) is 115 Å². The molecular weight excluding hydrogens is 523 g/mol. The molecule has 0 atom stereocenters. The Morgan fingerprint density at radius 1 is 1.18 bits per heavy atom. The van der Waals surface area contributed by atoms with Gasteiger partial charge in [-0.15, -0.1) is 0 Å². The fourth-order valence-electron chi connectivity index (χ4n) is 5.01. The molecule has 0 aliphatic carbocycles. The van der Waals surface area contributed by atoms with Crippen molar-refractivity contribution < 1.29 is 22.8 Å². The molecule has 40 heavy (non-hydrogen) atoms. The zero-order valence-corrected chi connectivity index (χ0v) is 23.4. The molecule has 218 valence electrons. The Bertz CT molecular complexity index is 1220. The van der Waals surface area contributed by atoms with Gasteiger partial charge in [0.15, 0.2) is 0 Å². The summed E-state index contributed by atoms with van der Waals surface area (Å²) in [6.07, 6.45) is 3.30. The van der Waals surface area contributed by atoms with Gasteiger partial charge in [0.25, 0.3) is 6.43 Å². The number of nitrogens with one attached hydrogen (secondary N) is 3. The minimum absolute atomic E-state index is 0.0462. The van der Waals surface area contributed by atoms with Gasteiger partial charge < -0.3 is 31.5 Å². The van der Waals surface area contributed by atoms with Gasteiger partial charge in [0.1, 0.15) is 5.82 Å². The molecule has 0 radical (unpaired) electrons. The van der Waals surface area contributed by atoms with Crippen LogP contribution in [0, 0.1) is 5.82 Å². The van der Waals surface area contributed by atoms with Crippen molar-refractivity contribution >= 4 is 29.4 Å². The van der Waals surface area contributed by atoms with Crippen molar-refractivity contribution in [3.05, 3.63) is 58.3 Å². The molecule has 0 aromatic heterocycles. The Morgan fingerprint density at radius 2 is 1.88 bits per heavy atom. The molecule has 12 heteroatoms. The maximum atomic E-state index is 15.3. The van der Waals surface area contributed by atoms with E-state index in [2.05, 4.69) is 20.9 Å². The van der Waals surface area contributed by atoms with Gasteiger partial charge in [0, 0.05) is 93.6 Å². The molecule has 1 aromatic rings. The van der Waals surface area contributed by atoms with Gasteiger partial charge in [-0.2, -0.15) is 0 Å². The highest BCUT2D eigenvalue weighted by Gasteiger charge is 2.28. The molecule has 5 N–H and O–H groups in total. The molecule has 0 saturated carbocycles. The van der Waals surface area contributed by atoms with Crippen LogP contribution in [-0.2, 0) is 4.79 Å². The standard InChI is InChI=1S/C28H38F3N7O2/c1-5-24(36-26-13-21(27(30)31)20(12-23(26)29)18(14-32)15-33-3)22-16-38(28(40)34-4)11-8-25(22)35-19-6-9-37(10-7-19)17(2)39/h5,12-15,19,27,35-36H,6-11,16,32H2,1-4H3,(H,34,40)/b18-14?,24-5+,33-15?. The summed E-state index contributed by atoms with van der Waals surface area (Å²) in [5, 5.41) is 9.22. The third kappa shape index (κ3) is 7.16. The Morgan fingerprint density at radius 3 is 2.42 bits per heavy atom. The third-order valence-electron chi connectivity index (χ3n) is 7.18. The van der Waals surface area contributed by atoms with E-state index in [1.165, 1.54) is 13.3 Å². The molecule has 0 spiro atoms.